The van der Waals surface area contributed by atoms with Gasteiger partial charge in [-0.25, -0.2) is 8.42 Å². The van der Waals surface area contributed by atoms with Crippen molar-refractivity contribution in [1.29, 1.82) is 0 Å². The molecule has 0 radical (unpaired) electrons. The Labute approximate surface area is 126 Å². The third kappa shape index (κ3) is 5.53. The third-order valence-corrected chi connectivity index (χ3v) is 3.66. The maximum atomic E-state index is 10.8. The Morgan fingerprint density at radius 2 is 1.59 bits per heavy atom. The van der Waals surface area contributed by atoms with Gasteiger partial charge in [-0.15, -0.1) is 0 Å². The molecule has 1 aromatic rings. The van der Waals surface area contributed by atoms with Crippen LogP contribution < -0.4 is 29.6 Å². The van der Waals surface area contributed by atoms with Gasteiger partial charge < -0.3 is 4.55 Å². The summed E-state index contributed by atoms with van der Waals surface area (Å²) in [5, 5.41) is -0.972. The zero-order valence-corrected chi connectivity index (χ0v) is 13.6. The summed E-state index contributed by atoms with van der Waals surface area (Å²) in [7, 11) is -4.24. The zero-order chi connectivity index (χ0) is 12.3. The monoisotopic (exact) mass is 264 g/mol. The minimum Gasteiger partial charge on any atom is -0.747 e. The van der Waals surface area contributed by atoms with Crippen molar-refractivity contribution in [2.75, 3.05) is 0 Å². The van der Waals surface area contributed by atoms with E-state index in [4.69, 9.17) is 0 Å². The molecule has 0 N–H and O–H groups in total. The van der Waals surface area contributed by atoms with Crippen molar-refractivity contribution in [3.63, 3.8) is 0 Å². The van der Waals surface area contributed by atoms with Crippen molar-refractivity contribution in [2.24, 2.45) is 5.92 Å². The van der Waals surface area contributed by atoms with Crippen LogP contribution in [0.15, 0.2) is 24.3 Å². The smallest absolute Gasteiger partial charge is 0.747 e. The van der Waals surface area contributed by atoms with Crippen LogP contribution in [0.2, 0.25) is 0 Å². The minimum atomic E-state index is -4.24. The molecule has 0 aliphatic heterocycles. The summed E-state index contributed by atoms with van der Waals surface area (Å²) in [6.45, 7) is 5.66. The second-order valence-electron chi connectivity index (χ2n) is 4.47. The molecule has 0 aromatic heterocycles. The predicted octanol–water partition coefficient (Wildman–Crippen LogP) is -0.505. The maximum absolute atomic E-state index is 10.8. The van der Waals surface area contributed by atoms with Crippen molar-refractivity contribution >= 4 is 10.1 Å². The first-order valence-corrected chi connectivity index (χ1v) is 6.81. The Morgan fingerprint density at radius 1 is 1.12 bits per heavy atom. The van der Waals surface area contributed by atoms with Gasteiger partial charge in [-0.05, 0) is 30.4 Å². The Balaban J connectivity index is 0.00000256. The largest absolute Gasteiger partial charge is 1.00 e. The first-order chi connectivity index (χ1) is 7.30. The molecule has 0 aliphatic rings. The first kappa shape index (κ1) is 17.1. The van der Waals surface area contributed by atoms with E-state index < -0.39 is 15.4 Å². The van der Waals surface area contributed by atoms with Crippen LogP contribution in [-0.2, 0) is 16.5 Å². The van der Waals surface area contributed by atoms with Gasteiger partial charge in [-0.2, -0.15) is 0 Å². The van der Waals surface area contributed by atoms with E-state index in [0.717, 1.165) is 12.0 Å². The fraction of sp³-hybridized carbons (Fsp3) is 0.500. The van der Waals surface area contributed by atoms with Gasteiger partial charge in [0, 0.05) is 0 Å². The molecule has 0 saturated carbocycles. The molecule has 0 aliphatic carbocycles. The van der Waals surface area contributed by atoms with Gasteiger partial charge in [0.05, 0.1) is 5.25 Å². The average Bonchev–Trinajstić information content (AvgIpc) is 2.15. The van der Waals surface area contributed by atoms with Crippen LogP contribution in [0, 0.1) is 5.92 Å². The second-order valence-corrected chi connectivity index (χ2v) is 6.17. The molecular formula is C12H17NaO3S. The Morgan fingerprint density at radius 3 is 1.94 bits per heavy atom. The number of benzene rings is 1. The van der Waals surface area contributed by atoms with E-state index in [2.05, 4.69) is 13.8 Å². The predicted molar refractivity (Wildman–Crippen MR) is 63.1 cm³/mol. The maximum Gasteiger partial charge on any atom is 1.00 e. The quantitative estimate of drug-likeness (QED) is 0.544. The van der Waals surface area contributed by atoms with Gasteiger partial charge in [0.25, 0.3) is 0 Å². The fourth-order valence-corrected chi connectivity index (χ4v) is 2.05. The zero-order valence-electron chi connectivity index (χ0n) is 10.8. The normalized spacial score (nSPS) is 13.2. The van der Waals surface area contributed by atoms with E-state index in [-0.39, 0.29) is 29.6 Å². The van der Waals surface area contributed by atoms with Gasteiger partial charge in [0.1, 0.15) is 10.1 Å². The van der Waals surface area contributed by atoms with Crippen LogP contribution in [0.3, 0.4) is 0 Å². The summed E-state index contributed by atoms with van der Waals surface area (Å²) >= 11 is 0. The Bertz CT molecular complexity index is 437. The molecule has 0 spiro atoms. The van der Waals surface area contributed by atoms with Crippen molar-refractivity contribution in [3.05, 3.63) is 35.4 Å². The van der Waals surface area contributed by atoms with E-state index in [0.29, 0.717) is 11.5 Å². The van der Waals surface area contributed by atoms with Crippen molar-refractivity contribution < 1.29 is 42.5 Å². The summed E-state index contributed by atoms with van der Waals surface area (Å²) in [4.78, 5) is 0. The van der Waals surface area contributed by atoms with Crippen LogP contribution in [-0.4, -0.2) is 13.0 Å². The van der Waals surface area contributed by atoms with Crippen molar-refractivity contribution in [2.45, 2.75) is 32.4 Å². The van der Waals surface area contributed by atoms with Crippen molar-refractivity contribution in [1.82, 2.24) is 0 Å². The first-order valence-electron chi connectivity index (χ1n) is 5.34. The second kappa shape index (κ2) is 6.90. The molecular weight excluding hydrogens is 247 g/mol. The summed E-state index contributed by atoms with van der Waals surface area (Å²) in [6, 6.07) is 7.21. The number of hydrogen-bond acceptors (Lipinski definition) is 3. The van der Waals surface area contributed by atoms with Crippen LogP contribution in [0.5, 0.6) is 0 Å². The standard InChI is InChI=1S/C12H18O3S.Na/c1-9(2)8-11-4-6-12(7-5-11)10(3)16(13,14)15;/h4-7,9-10H,8H2,1-3H3,(H,13,14,15);/q;+1/p-1/t10-;/m0./s1. The Hall–Kier alpha value is 0.130. The van der Waals surface area contributed by atoms with Crippen molar-refractivity contribution in [3.8, 4) is 0 Å². The van der Waals surface area contributed by atoms with Gasteiger partial charge in [-0.3, -0.25) is 0 Å². The number of rotatable bonds is 4. The molecule has 90 valence electrons. The molecule has 0 saturated heterocycles. The molecule has 0 amide bonds. The fourth-order valence-electron chi connectivity index (χ4n) is 1.56. The summed E-state index contributed by atoms with van der Waals surface area (Å²) in [5.74, 6) is 0.562. The van der Waals surface area contributed by atoms with Gasteiger partial charge in [0.2, 0.25) is 0 Å². The molecule has 0 heterocycles. The molecule has 3 nitrogen and oxygen atoms in total. The summed E-state index contributed by atoms with van der Waals surface area (Å²) < 4.78 is 32.5. The summed E-state index contributed by atoms with van der Waals surface area (Å²) in [5.41, 5.74) is 1.72. The van der Waals surface area contributed by atoms with Gasteiger partial charge in [0.15, 0.2) is 0 Å². The van der Waals surface area contributed by atoms with E-state index >= 15 is 0 Å². The topological polar surface area (TPSA) is 57.2 Å². The summed E-state index contributed by atoms with van der Waals surface area (Å²) in [6.07, 6.45) is 0.957. The Kier molecular flexibility index (Phi) is 6.95. The van der Waals surface area contributed by atoms with Crippen LogP contribution in [0.1, 0.15) is 37.1 Å². The van der Waals surface area contributed by atoms with Crippen LogP contribution >= 0.6 is 0 Å². The number of hydrogen-bond donors (Lipinski definition) is 0. The minimum absolute atomic E-state index is 0. The van der Waals surface area contributed by atoms with E-state index in [9.17, 15) is 13.0 Å². The molecule has 0 unspecified atom stereocenters. The van der Waals surface area contributed by atoms with Crippen LogP contribution in [0.4, 0.5) is 0 Å². The van der Waals surface area contributed by atoms with Gasteiger partial charge >= 0.3 is 29.6 Å². The molecule has 5 heteroatoms. The van der Waals surface area contributed by atoms with Crippen LogP contribution in [0.25, 0.3) is 0 Å². The molecule has 1 atom stereocenters. The average molecular weight is 264 g/mol. The molecule has 0 bridgehead atoms. The van der Waals surface area contributed by atoms with E-state index in [1.807, 2.05) is 12.1 Å². The molecule has 1 rings (SSSR count). The SMILES string of the molecule is CC(C)Cc1ccc([C@H](C)S(=O)(=O)[O-])cc1.[Na+]. The van der Waals surface area contributed by atoms with Gasteiger partial charge in [-0.1, -0.05) is 38.1 Å². The third-order valence-electron chi connectivity index (χ3n) is 2.53. The van der Waals surface area contributed by atoms with E-state index in [1.54, 1.807) is 12.1 Å². The molecule has 0 fully saturated rings. The van der Waals surface area contributed by atoms with E-state index in [1.165, 1.54) is 6.92 Å². The molecule has 1 aromatic carbocycles. The molecule has 17 heavy (non-hydrogen) atoms.